The average molecular weight is 332 g/mol. The van der Waals surface area contributed by atoms with Crippen molar-refractivity contribution in [1.29, 1.82) is 0 Å². The monoisotopic (exact) mass is 332 g/mol. The number of non-ortho nitro benzene ring substituents is 1. The first kappa shape index (κ1) is 16.7. The van der Waals surface area contributed by atoms with E-state index >= 15 is 0 Å². The molecule has 0 spiro atoms. The average Bonchev–Trinajstić information content (AvgIpc) is 3.31. The molecule has 0 radical (unpaired) electrons. The largest absolute Gasteiger partial charge is 0.338 e. The standard InChI is InChI=1S/C17H24N4O3/c1-12-9-14(11-20(12)15-5-6-15)19-17(22)18-8-7-13-3-2-4-16(10-13)21(23)24/h2-4,10,12,14-15H,5-9,11H2,1H3,(H2,18,19,22)/t12-,14-/m1/s1. The van der Waals surface area contributed by atoms with E-state index in [1.807, 2.05) is 6.07 Å². The van der Waals surface area contributed by atoms with E-state index < -0.39 is 4.92 Å². The van der Waals surface area contributed by atoms with Gasteiger partial charge in [-0.1, -0.05) is 12.1 Å². The van der Waals surface area contributed by atoms with Crippen molar-refractivity contribution in [2.24, 2.45) is 0 Å². The van der Waals surface area contributed by atoms with Crippen LogP contribution in [0.3, 0.4) is 0 Å². The highest BCUT2D eigenvalue weighted by Crippen LogP contribution is 2.33. The van der Waals surface area contributed by atoms with Gasteiger partial charge < -0.3 is 10.6 Å². The van der Waals surface area contributed by atoms with Crippen molar-refractivity contribution in [2.45, 2.75) is 50.7 Å². The summed E-state index contributed by atoms with van der Waals surface area (Å²) in [6.07, 6.45) is 4.14. The van der Waals surface area contributed by atoms with Gasteiger partial charge in [0.05, 0.1) is 4.92 Å². The van der Waals surface area contributed by atoms with Crippen molar-refractivity contribution in [3.05, 3.63) is 39.9 Å². The molecule has 2 atom stereocenters. The minimum absolute atomic E-state index is 0.0806. The van der Waals surface area contributed by atoms with Crippen LogP contribution in [0.15, 0.2) is 24.3 Å². The van der Waals surface area contributed by atoms with Crippen LogP contribution in [0.2, 0.25) is 0 Å². The predicted molar refractivity (Wildman–Crippen MR) is 90.9 cm³/mol. The lowest BCUT2D eigenvalue weighted by atomic mass is 10.1. The van der Waals surface area contributed by atoms with Gasteiger partial charge in [-0.15, -0.1) is 0 Å². The number of urea groups is 1. The topological polar surface area (TPSA) is 87.5 Å². The summed E-state index contributed by atoms with van der Waals surface area (Å²) >= 11 is 0. The first-order valence-corrected chi connectivity index (χ1v) is 8.56. The Hall–Kier alpha value is -2.15. The maximum Gasteiger partial charge on any atom is 0.315 e. The number of nitrogens with one attached hydrogen (secondary N) is 2. The van der Waals surface area contributed by atoms with Gasteiger partial charge in [-0.25, -0.2) is 4.79 Å². The van der Waals surface area contributed by atoms with Crippen LogP contribution in [0.1, 0.15) is 31.7 Å². The number of nitrogens with zero attached hydrogens (tertiary/aromatic N) is 2. The molecule has 1 saturated heterocycles. The molecule has 0 aromatic heterocycles. The van der Waals surface area contributed by atoms with Gasteiger partial charge in [0, 0.05) is 43.3 Å². The zero-order valence-corrected chi connectivity index (χ0v) is 13.9. The summed E-state index contributed by atoms with van der Waals surface area (Å²) in [6.45, 7) is 3.62. The van der Waals surface area contributed by atoms with Gasteiger partial charge in [-0.3, -0.25) is 15.0 Å². The lowest BCUT2D eigenvalue weighted by Gasteiger charge is -2.19. The first-order chi connectivity index (χ1) is 11.5. The molecule has 2 fully saturated rings. The Morgan fingerprint density at radius 3 is 2.92 bits per heavy atom. The first-order valence-electron chi connectivity index (χ1n) is 8.56. The SMILES string of the molecule is C[C@@H]1C[C@@H](NC(=O)NCCc2cccc([N+](=O)[O-])c2)CN1C1CC1. The van der Waals surface area contributed by atoms with E-state index in [-0.39, 0.29) is 17.8 Å². The lowest BCUT2D eigenvalue weighted by Crippen LogP contribution is -2.44. The number of carbonyl (C=O) groups is 1. The Labute approximate surface area is 141 Å². The third-order valence-corrected chi connectivity index (χ3v) is 4.79. The van der Waals surface area contributed by atoms with Crippen LogP contribution in [-0.4, -0.2) is 47.1 Å². The molecule has 1 saturated carbocycles. The number of benzene rings is 1. The van der Waals surface area contributed by atoms with E-state index in [9.17, 15) is 14.9 Å². The summed E-state index contributed by atoms with van der Waals surface area (Å²) in [6, 6.07) is 7.83. The molecular weight excluding hydrogens is 308 g/mol. The van der Waals surface area contributed by atoms with Gasteiger partial charge in [0.2, 0.25) is 0 Å². The number of likely N-dealkylation sites (tertiary alicyclic amines) is 1. The van der Waals surface area contributed by atoms with Gasteiger partial charge in [0.15, 0.2) is 0 Å². The second-order valence-corrected chi connectivity index (χ2v) is 6.79. The van der Waals surface area contributed by atoms with E-state index in [0.717, 1.165) is 24.6 Å². The molecule has 1 heterocycles. The Morgan fingerprint density at radius 2 is 2.21 bits per heavy atom. The van der Waals surface area contributed by atoms with Crippen LogP contribution >= 0.6 is 0 Å². The van der Waals surface area contributed by atoms with E-state index in [1.165, 1.54) is 18.9 Å². The molecule has 130 valence electrons. The molecule has 2 amide bonds. The van der Waals surface area contributed by atoms with Crippen LogP contribution in [-0.2, 0) is 6.42 Å². The predicted octanol–water partition coefficient (Wildman–Crippen LogP) is 2.06. The molecule has 1 aliphatic carbocycles. The Morgan fingerprint density at radius 1 is 1.42 bits per heavy atom. The highest BCUT2D eigenvalue weighted by molar-refractivity contribution is 5.74. The van der Waals surface area contributed by atoms with Crippen molar-refractivity contribution >= 4 is 11.7 Å². The van der Waals surface area contributed by atoms with Gasteiger partial charge >= 0.3 is 6.03 Å². The molecule has 24 heavy (non-hydrogen) atoms. The summed E-state index contributed by atoms with van der Waals surface area (Å²) in [5.74, 6) is 0. The third kappa shape index (κ3) is 4.23. The highest BCUT2D eigenvalue weighted by Gasteiger charge is 2.39. The highest BCUT2D eigenvalue weighted by atomic mass is 16.6. The minimum atomic E-state index is -0.406. The smallest absolute Gasteiger partial charge is 0.315 e. The number of carbonyl (C=O) groups excluding carboxylic acids is 1. The zero-order valence-electron chi connectivity index (χ0n) is 13.9. The molecule has 1 aliphatic heterocycles. The van der Waals surface area contributed by atoms with Crippen molar-refractivity contribution in [3.8, 4) is 0 Å². The number of amides is 2. The van der Waals surface area contributed by atoms with E-state index in [2.05, 4.69) is 22.5 Å². The summed E-state index contributed by atoms with van der Waals surface area (Å²) < 4.78 is 0. The summed E-state index contributed by atoms with van der Waals surface area (Å²) in [7, 11) is 0. The van der Waals surface area contributed by atoms with E-state index in [0.29, 0.717) is 19.0 Å². The van der Waals surface area contributed by atoms with Gasteiger partial charge in [-0.05, 0) is 38.2 Å². The third-order valence-electron chi connectivity index (χ3n) is 4.79. The number of hydrogen-bond acceptors (Lipinski definition) is 4. The summed E-state index contributed by atoms with van der Waals surface area (Å²) in [5, 5.41) is 16.6. The Kier molecular flexibility index (Phi) is 4.99. The molecule has 2 aliphatic rings. The van der Waals surface area contributed by atoms with Crippen LogP contribution < -0.4 is 10.6 Å². The summed E-state index contributed by atoms with van der Waals surface area (Å²) in [5.41, 5.74) is 0.927. The number of nitro benzene ring substituents is 1. The Bertz CT molecular complexity index is 618. The van der Waals surface area contributed by atoms with Crippen molar-refractivity contribution in [2.75, 3.05) is 13.1 Å². The molecule has 0 unspecified atom stereocenters. The fraction of sp³-hybridized carbons (Fsp3) is 0.588. The second kappa shape index (κ2) is 7.17. The maximum atomic E-state index is 12.0. The summed E-state index contributed by atoms with van der Waals surface area (Å²) in [4.78, 5) is 24.9. The Balaban J connectivity index is 1.40. The van der Waals surface area contributed by atoms with Crippen LogP contribution in [0, 0.1) is 10.1 Å². The van der Waals surface area contributed by atoms with Crippen LogP contribution in [0.25, 0.3) is 0 Å². The molecule has 3 rings (SSSR count). The fourth-order valence-corrected chi connectivity index (χ4v) is 3.46. The molecule has 7 heteroatoms. The van der Waals surface area contributed by atoms with Gasteiger partial charge in [0.1, 0.15) is 0 Å². The van der Waals surface area contributed by atoms with Crippen LogP contribution in [0.4, 0.5) is 10.5 Å². The van der Waals surface area contributed by atoms with Gasteiger partial charge in [0.25, 0.3) is 5.69 Å². The minimum Gasteiger partial charge on any atom is -0.338 e. The maximum absolute atomic E-state index is 12.0. The molecule has 1 aromatic carbocycles. The zero-order chi connectivity index (χ0) is 17.1. The molecule has 2 N–H and O–H groups in total. The van der Waals surface area contributed by atoms with Gasteiger partial charge in [-0.2, -0.15) is 0 Å². The molecule has 0 bridgehead atoms. The lowest BCUT2D eigenvalue weighted by molar-refractivity contribution is -0.384. The second-order valence-electron chi connectivity index (χ2n) is 6.79. The molecular formula is C17H24N4O3. The molecule has 1 aromatic rings. The van der Waals surface area contributed by atoms with Crippen LogP contribution in [0.5, 0.6) is 0 Å². The number of rotatable bonds is 6. The molecule has 7 nitrogen and oxygen atoms in total. The van der Waals surface area contributed by atoms with Crippen molar-refractivity contribution < 1.29 is 9.72 Å². The number of hydrogen-bond donors (Lipinski definition) is 2. The fourth-order valence-electron chi connectivity index (χ4n) is 3.46. The van der Waals surface area contributed by atoms with Crippen molar-refractivity contribution in [1.82, 2.24) is 15.5 Å². The van der Waals surface area contributed by atoms with E-state index in [1.54, 1.807) is 12.1 Å². The van der Waals surface area contributed by atoms with E-state index in [4.69, 9.17) is 0 Å². The quantitative estimate of drug-likeness (QED) is 0.616. The number of nitro groups is 1. The normalized spacial score (nSPS) is 23.9. The van der Waals surface area contributed by atoms with Crippen molar-refractivity contribution in [3.63, 3.8) is 0 Å².